The van der Waals surface area contributed by atoms with E-state index in [1.807, 2.05) is 34.9 Å². The van der Waals surface area contributed by atoms with Gasteiger partial charge in [-0.1, -0.05) is 38.5 Å². The molecule has 8 heteroatoms. The van der Waals surface area contributed by atoms with E-state index in [2.05, 4.69) is 23.0 Å². The Labute approximate surface area is 208 Å². The number of benzene rings is 1. The van der Waals surface area contributed by atoms with Crippen molar-refractivity contribution in [3.8, 4) is 5.88 Å². The maximum absolute atomic E-state index is 13.6. The Morgan fingerprint density at radius 3 is 2.66 bits per heavy atom. The predicted octanol–water partition coefficient (Wildman–Crippen LogP) is 4.03. The minimum Gasteiger partial charge on any atom is -0.479 e. The first-order chi connectivity index (χ1) is 17.0. The van der Waals surface area contributed by atoms with E-state index in [-0.39, 0.29) is 11.8 Å². The fourth-order valence-electron chi connectivity index (χ4n) is 5.61. The fourth-order valence-corrected chi connectivity index (χ4v) is 5.61. The summed E-state index contributed by atoms with van der Waals surface area (Å²) in [5.74, 6) is 1.27. The first-order valence-electron chi connectivity index (χ1n) is 12.9. The van der Waals surface area contributed by atoms with E-state index >= 15 is 0 Å². The summed E-state index contributed by atoms with van der Waals surface area (Å²) in [6.45, 7) is 6.96. The maximum Gasteiger partial charge on any atom is 0.254 e. The van der Waals surface area contributed by atoms with Crippen molar-refractivity contribution in [2.75, 3.05) is 31.6 Å². The van der Waals surface area contributed by atoms with Gasteiger partial charge in [0.2, 0.25) is 11.8 Å². The molecule has 0 aliphatic carbocycles. The second-order valence-electron chi connectivity index (χ2n) is 9.50. The van der Waals surface area contributed by atoms with Crippen LogP contribution in [0.25, 0.3) is 0 Å². The molecule has 0 radical (unpaired) electrons. The molecule has 2 aromatic rings. The summed E-state index contributed by atoms with van der Waals surface area (Å²) in [5, 5.41) is 3.84. The van der Waals surface area contributed by atoms with Gasteiger partial charge in [-0.05, 0) is 42.6 Å². The van der Waals surface area contributed by atoms with E-state index in [4.69, 9.17) is 9.26 Å². The molecular formula is C27H38N4O4. The molecule has 3 heterocycles. The van der Waals surface area contributed by atoms with Gasteiger partial charge in [0, 0.05) is 62.7 Å². The highest BCUT2D eigenvalue weighted by atomic mass is 16.5. The smallest absolute Gasteiger partial charge is 0.254 e. The molecule has 2 bridgehead atoms. The molecule has 0 saturated carbocycles. The van der Waals surface area contributed by atoms with Gasteiger partial charge in [0.05, 0.1) is 7.11 Å². The van der Waals surface area contributed by atoms with Crippen LogP contribution in [0, 0.1) is 0 Å². The van der Waals surface area contributed by atoms with E-state index in [1.54, 1.807) is 13.2 Å². The molecule has 2 aliphatic rings. The summed E-state index contributed by atoms with van der Waals surface area (Å²) in [4.78, 5) is 33.1. The van der Waals surface area contributed by atoms with Crippen molar-refractivity contribution in [2.24, 2.45) is 0 Å². The monoisotopic (exact) mass is 482 g/mol. The molecule has 2 atom stereocenters. The number of para-hydroxylation sites is 1. The molecule has 2 aliphatic heterocycles. The number of anilines is 1. The van der Waals surface area contributed by atoms with Crippen LogP contribution in [0.2, 0.25) is 0 Å². The zero-order valence-corrected chi connectivity index (χ0v) is 21.2. The van der Waals surface area contributed by atoms with E-state index in [9.17, 15) is 9.59 Å². The van der Waals surface area contributed by atoms with E-state index in [1.165, 1.54) is 0 Å². The van der Waals surface area contributed by atoms with Gasteiger partial charge in [-0.3, -0.25) is 14.5 Å². The standard InChI is InChI=1S/C27H38N4O4/c1-4-26(32)31-16-15-21-10-8-11-22(30(21)5-2)19-29(18-20-9-6-7-12-24(20)31)27(33)14-13-23-17-25(34-3)28-35-23/h6-7,9,12,17,21-22H,4-5,8,10-11,13-16,18-19H2,1-3H3. The Morgan fingerprint density at radius 1 is 1.11 bits per heavy atom. The van der Waals surface area contributed by atoms with Gasteiger partial charge in [-0.25, -0.2) is 0 Å². The zero-order valence-electron chi connectivity index (χ0n) is 21.2. The third kappa shape index (κ3) is 5.86. The van der Waals surface area contributed by atoms with Crippen molar-refractivity contribution in [3.63, 3.8) is 0 Å². The third-order valence-electron chi connectivity index (χ3n) is 7.43. The molecule has 2 unspecified atom stereocenters. The van der Waals surface area contributed by atoms with Crippen LogP contribution < -0.4 is 9.64 Å². The molecule has 190 valence electrons. The summed E-state index contributed by atoms with van der Waals surface area (Å²) in [7, 11) is 1.54. The highest BCUT2D eigenvalue weighted by Crippen LogP contribution is 2.30. The van der Waals surface area contributed by atoms with Gasteiger partial charge in [-0.2, -0.15) is 0 Å². The normalized spacial score (nSPS) is 21.2. The number of fused-ring (bicyclic) bond motifs is 3. The van der Waals surface area contributed by atoms with Gasteiger partial charge >= 0.3 is 0 Å². The molecular weight excluding hydrogens is 444 g/mol. The minimum absolute atomic E-state index is 0.0842. The third-order valence-corrected chi connectivity index (χ3v) is 7.43. The predicted molar refractivity (Wildman–Crippen MR) is 134 cm³/mol. The summed E-state index contributed by atoms with van der Waals surface area (Å²) in [6.07, 6.45) is 5.60. The number of aromatic nitrogens is 1. The molecule has 1 aromatic carbocycles. The molecule has 4 rings (SSSR count). The molecule has 2 amide bonds. The highest BCUT2D eigenvalue weighted by molar-refractivity contribution is 5.94. The maximum atomic E-state index is 13.6. The Morgan fingerprint density at radius 2 is 1.91 bits per heavy atom. The van der Waals surface area contributed by atoms with Crippen molar-refractivity contribution in [3.05, 3.63) is 41.7 Å². The number of likely N-dealkylation sites (N-methyl/N-ethyl adjacent to an activating group) is 1. The quantitative estimate of drug-likeness (QED) is 0.619. The zero-order chi connectivity index (χ0) is 24.8. The van der Waals surface area contributed by atoms with Crippen LogP contribution in [-0.2, 0) is 22.6 Å². The number of hydrogen-bond donors (Lipinski definition) is 0. The van der Waals surface area contributed by atoms with Crippen LogP contribution in [0.5, 0.6) is 5.88 Å². The Kier molecular flexibility index (Phi) is 8.44. The Bertz CT molecular complexity index is 1010. The van der Waals surface area contributed by atoms with Gasteiger partial charge < -0.3 is 19.1 Å². The lowest BCUT2D eigenvalue weighted by Gasteiger charge is -2.43. The van der Waals surface area contributed by atoms with Crippen LogP contribution >= 0.6 is 0 Å². The summed E-state index contributed by atoms with van der Waals surface area (Å²) in [5.41, 5.74) is 1.94. The molecule has 8 nitrogen and oxygen atoms in total. The number of ether oxygens (including phenoxy) is 1. The van der Waals surface area contributed by atoms with E-state index < -0.39 is 0 Å². The van der Waals surface area contributed by atoms with Gasteiger partial charge in [-0.15, -0.1) is 0 Å². The molecule has 0 spiro atoms. The SMILES string of the molecule is CCC(=O)N1CCC2CCCC(CN(C(=O)CCc3cc(OC)no3)Cc3ccccc31)N2CC. The van der Waals surface area contributed by atoms with Crippen molar-refractivity contribution in [2.45, 2.75) is 77.4 Å². The van der Waals surface area contributed by atoms with Gasteiger partial charge in [0.15, 0.2) is 0 Å². The summed E-state index contributed by atoms with van der Waals surface area (Å²) in [6, 6.07) is 10.5. The molecule has 0 N–H and O–H groups in total. The van der Waals surface area contributed by atoms with Crippen LogP contribution in [0.15, 0.2) is 34.9 Å². The Hall–Kier alpha value is -2.87. The Balaban J connectivity index is 1.63. The van der Waals surface area contributed by atoms with Crippen LogP contribution in [0.3, 0.4) is 0 Å². The van der Waals surface area contributed by atoms with Crippen molar-refractivity contribution in [1.29, 1.82) is 0 Å². The number of piperidine rings is 1. The lowest BCUT2D eigenvalue weighted by Crippen LogP contribution is -2.52. The lowest BCUT2D eigenvalue weighted by atomic mass is 9.93. The molecule has 1 saturated heterocycles. The van der Waals surface area contributed by atoms with Crippen molar-refractivity contribution in [1.82, 2.24) is 15.0 Å². The summed E-state index contributed by atoms with van der Waals surface area (Å²) >= 11 is 0. The second kappa shape index (κ2) is 11.7. The first kappa shape index (κ1) is 25.2. The average Bonchev–Trinajstić information content (AvgIpc) is 3.35. The number of carbonyl (C=O) groups excluding carboxylic acids is 2. The fraction of sp³-hybridized carbons (Fsp3) is 0.593. The average molecular weight is 483 g/mol. The topological polar surface area (TPSA) is 79.1 Å². The van der Waals surface area contributed by atoms with Crippen molar-refractivity contribution >= 4 is 17.5 Å². The first-order valence-corrected chi connectivity index (χ1v) is 12.9. The van der Waals surface area contributed by atoms with Gasteiger partial charge in [0.25, 0.3) is 5.88 Å². The van der Waals surface area contributed by atoms with Crippen LogP contribution in [-0.4, -0.2) is 65.6 Å². The number of hydrogen-bond acceptors (Lipinski definition) is 6. The molecule has 1 aromatic heterocycles. The number of rotatable bonds is 6. The number of methoxy groups -OCH3 is 1. The largest absolute Gasteiger partial charge is 0.479 e. The van der Waals surface area contributed by atoms with Crippen LogP contribution in [0.1, 0.15) is 63.7 Å². The van der Waals surface area contributed by atoms with Crippen LogP contribution in [0.4, 0.5) is 5.69 Å². The number of aryl methyl sites for hydroxylation is 1. The van der Waals surface area contributed by atoms with E-state index in [0.717, 1.165) is 43.5 Å². The number of amides is 2. The molecule has 1 fully saturated rings. The second-order valence-corrected chi connectivity index (χ2v) is 9.50. The number of nitrogens with zero attached hydrogens (tertiary/aromatic N) is 4. The lowest BCUT2D eigenvalue weighted by molar-refractivity contribution is -0.133. The number of carbonyl (C=O) groups is 2. The minimum atomic E-state index is 0.0842. The summed E-state index contributed by atoms with van der Waals surface area (Å²) < 4.78 is 10.4. The highest BCUT2D eigenvalue weighted by Gasteiger charge is 2.33. The molecule has 35 heavy (non-hydrogen) atoms. The van der Waals surface area contributed by atoms with E-state index in [0.29, 0.717) is 62.6 Å². The van der Waals surface area contributed by atoms with Gasteiger partial charge in [0.1, 0.15) is 5.76 Å². The van der Waals surface area contributed by atoms with Crippen molar-refractivity contribution < 1.29 is 18.8 Å².